The van der Waals surface area contributed by atoms with E-state index < -0.39 is 27.8 Å². The number of halogens is 1. The standard InChI is InChI=1S/C17H19FN2O4S/c1-11-6-4-5-7-14(11)19-17(21)12(2)20-25(22,23)16-10-13(18)8-9-15(16)24-3/h4-10,12,20H,1-3H3,(H,19,21). The van der Waals surface area contributed by atoms with Gasteiger partial charge in [-0.1, -0.05) is 18.2 Å². The van der Waals surface area contributed by atoms with Crippen LogP contribution in [-0.2, 0) is 14.8 Å². The molecular weight excluding hydrogens is 347 g/mol. The zero-order valence-electron chi connectivity index (χ0n) is 14.0. The fourth-order valence-electron chi connectivity index (χ4n) is 2.16. The molecule has 8 heteroatoms. The smallest absolute Gasteiger partial charge is 0.245 e. The summed E-state index contributed by atoms with van der Waals surface area (Å²) in [7, 11) is -2.87. The third-order valence-corrected chi connectivity index (χ3v) is 5.11. The molecule has 0 aliphatic carbocycles. The van der Waals surface area contributed by atoms with Gasteiger partial charge in [-0.3, -0.25) is 4.79 Å². The highest BCUT2D eigenvalue weighted by atomic mass is 32.2. The van der Waals surface area contributed by atoms with Gasteiger partial charge < -0.3 is 10.1 Å². The van der Waals surface area contributed by atoms with Crippen molar-refractivity contribution in [3.05, 3.63) is 53.8 Å². The number of hydrogen-bond donors (Lipinski definition) is 2. The van der Waals surface area contributed by atoms with Gasteiger partial charge >= 0.3 is 0 Å². The molecular formula is C17H19FN2O4S. The third kappa shape index (κ3) is 4.55. The molecule has 1 amide bonds. The van der Waals surface area contributed by atoms with Gasteiger partial charge in [0.25, 0.3) is 0 Å². The number of carbonyl (C=O) groups is 1. The highest BCUT2D eigenvalue weighted by Crippen LogP contribution is 2.24. The molecule has 0 saturated heterocycles. The van der Waals surface area contributed by atoms with Crippen molar-refractivity contribution in [1.82, 2.24) is 4.72 Å². The average molecular weight is 366 g/mol. The predicted molar refractivity (Wildman–Crippen MR) is 92.5 cm³/mol. The first-order valence-electron chi connectivity index (χ1n) is 7.47. The molecule has 6 nitrogen and oxygen atoms in total. The maximum Gasteiger partial charge on any atom is 0.245 e. The normalized spacial score (nSPS) is 12.5. The molecule has 0 spiro atoms. The molecule has 0 fully saturated rings. The molecule has 0 aliphatic heterocycles. The van der Waals surface area contributed by atoms with Crippen LogP contribution in [0, 0.1) is 12.7 Å². The fraction of sp³-hybridized carbons (Fsp3) is 0.235. The van der Waals surface area contributed by atoms with Crippen molar-refractivity contribution < 1.29 is 22.3 Å². The first-order valence-corrected chi connectivity index (χ1v) is 8.95. The molecule has 2 aromatic rings. The van der Waals surface area contributed by atoms with Gasteiger partial charge in [-0.2, -0.15) is 4.72 Å². The van der Waals surface area contributed by atoms with E-state index >= 15 is 0 Å². The Bertz CT molecular complexity index is 884. The SMILES string of the molecule is COc1ccc(F)cc1S(=O)(=O)NC(C)C(=O)Nc1ccccc1C. The predicted octanol–water partition coefficient (Wildman–Crippen LogP) is 2.45. The van der Waals surface area contributed by atoms with Crippen LogP contribution in [0.5, 0.6) is 5.75 Å². The Morgan fingerprint density at radius 2 is 1.88 bits per heavy atom. The molecule has 0 aromatic heterocycles. The minimum atomic E-state index is -4.15. The number of aryl methyl sites for hydroxylation is 1. The topological polar surface area (TPSA) is 84.5 Å². The fourth-order valence-corrected chi connectivity index (χ4v) is 3.55. The van der Waals surface area contributed by atoms with Gasteiger partial charge in [0.15, 0.2) is 0 Å². The van der Waals surface area contributed by atoms with Crippen LogP contribution in [0.4, 0.5) is 10.1 Å². The van der Waals surface area contributed by atoms with Gasteiger partial charge in [0.2, 0.25) is 15.9 Å². The van der Waals surface area contributed by atoms with Crippen LogP contribution in [0.2, 0.25) is 0 Å². The lowest BCUT2D eigenvalue weighted by Gasteiger charge is -2.16. The molecule has 2 N–H and O–H groups in total. The second kappa shape index (κ2) is 7.62. The summed E-state index contributed by atoms with van der Waals surface area (Å²) in [6, 6.07) is 9.19. The maximum absolute atomic E-state index is 13.4. The average Bonchev–Trinajstić information content (AvgIpc) is 2.56. The minimum absolute atomic E-state index is 0.0135. The molecule has 134 valence electrons. The number of benzene rings is 2. The molecule has 0 heterocycles. The Labute approximate surface area is 146 Å². The number of para-hydroxylation sites is 1. The lowest BCUT2D eigenvalue weighted by Crippen LogP contribution is -2.41. The lowest BCUT2D eigenvalue weighted by atomic mass is 10.2. The van der Waals surface area contributed by atoms with E-state index in [2.05, 4.69) is 10.0 Å². The molecule has 1 atom stereocenters. The zero-order valence-corrected chi connectivity index (χ0v) is 14.9. The van der Waals surface area contributed by atoms with Gasteiger partial charge in [-0.25, -0.2) is 12.8 Å². The van der Waals surface area contributed by atoms with Crippen molar-refractivity contribution in [2.24, 2.45) is 0 Å². The van der Waals surface area contributed by atoms with E-state index in [0.29, 0.717) is 5.69 Å². The Hall–Kier alpha value is -2.45. The molecule has 25 heavy (non-hydrogen) atoms. The van der Waals surface area contributed by atoms with Crippen LogP contribution in [0.3, 0.4) is 0 Å². The number of anilines is 1. The van der Waals surface area contributed by atoms with E-state index in [4.69, 9.17) is 4.74 Å². The van der Waals surface area contributed by atoms with Crippen LogP contribution >= 0.6 is 0 Å². The Balaban J connectivity index is 2.19. The van der Waals surface area contributed by atoms with Gasteiger partial charge in [0.05, 0.1) is 13.2 Å². The van der Waals surface area contributed by atoms with Crippen molar-refractivity contribution in [2.45, 2.75) is 24.8 Å². The summed E-state index contributed by atoms with van der Waals surface area (Å²) in [5.74, 6) is -1.27. The second-order valence-electron chi connectivity index (χ2n) is 5.44. The lowest BCUT2D eigenvalue weighted by molar-refractivity contribution is -0.117. The number of nitrogens with one attached hydrogen (secondary N) is 2. The van der Waals surface area contributed by atoms with Crippen LogP contribution in [0.1, 0.15) is 12.5 Å². The molecule has 2 aromatic carbocycles. The molecule has 0 saturated carbocycles. The van der Waals surface area contributed by atoms with E-state index in [9.17, 15) is 17.6 Å². The first kappa shape index (κ1) is 18.9. The quantitative estimate of drug-likeness (QED) is 0.822. The Morgan fingerprint density at radius 1 is 1.20 bits per heavy atom. The minimum Gasteiger partial charge on any atom is -0.495 e. The van der Waals surface area contributed by atoms with Crippen molar-refractivity contribution in [3.8, 4) is 5.75 Å². The van der Waals surface area contributed by atoms with Crippen LogP contribution in [0.25, 0.3) is 0 Å². The summed E-state index contributed by atoms with van der Waals surface area (Å²) in [6.45, 7) is 3.22. The molecule has 2 rings (SSSR count). The van der Waals surface area contributed by atoms with Crippen molar-refractivity contribution in [1.29, 1.82) is 0 Å². The number of amides is 1. The summed E-state index contributed by atoms with van der Waals surface area (Å²) < 4.78 is 45.5. The summed E-state index contributed by atoms with van der Waals surface area (Å²) in [5, 5.41) is 2.65. The number of methoxy groups -OCH3 is 1. The molecule has 0 radical (unpaired) electrons. The van der Waals surface area contributed by atoms with Gasteiger partial charge in [0, 0.05) is 5.69 Å². The van der Waals surface area contributed by atoms with Crippen LogP contribution in [-0.4, -0.2) is 27.5 Å². The van der Waals surface area contributed by atoms with Gasteiger partial charge in [-0.05, 0) is 43.7 Å². The summed E-state index contributed by atoms with van der Waals surface area (Å²) in [5.41, 5.74) is 1.43. The highest BCUT2D eigenvalue weighted by Gasteiger charge is 2.25. The second-order valence-corrected chi connectivity index (χ2v) is 7.12. The summed E-state index contributed by atoms with van der Waals surface area (Å²) >= 11 is 0. The molecule has 0 aliphatic rings. The monoisotopic (exact) mass is 366 g/mol. The number of carbonyl (C=O) groups excluding carboxylic acids is 1. The van der Waals surface area contributed by atoms with Gasteiger partial charge in [-0.15, -0.1) is 0 Å². The molecule has 0 bridgehead atoms. The zero-order chi connectivity index (χ0) is 18.6. The Kier molecular flexibility index (Phi) is 5.76. The van der Waals surface area contributed by atoms with Gasteiger partial charge in [0.1, 0.15) is 16.5 Å². The number of ether oxygens (including phenoxy) is 1. The Morgan fingerprint density at radius 3 is 2.52 bits per heavy atom. The van der Waals surface area contributed by atoms with Crippen molar-refractivity contribution in [3.63, 3.8) is 0 Å². The summed E-state index contributed by atoms with van der Waals surface area (Å²) in [6.07, 6.45) is 0. The maximum atomic E-state index is 13.4. The van der Waals surface area contributed by atoms with E-state index in [1.54, 1.807) is 12.1 Å². The number of rotatable bonds is 6. The van der Waals surface area contributed by atoms with Crippen molar-refractivity contribution in [2.75, 3.05) is 12.4 Å². The number of sulfonamides is 1. The summed E-state index contributed by atoms with van der Waals surface area (Å²) in [4.78, 5) is 11.9. The first-order chi connectivity index (χ1) is 11.7. The van der Waals surface area contributed by atoms with Crippen LogP contribution < -0.4 is 14.8 Å². The third-order valence-electron chi connectivity index (χ3n) is 3.54. The van der Waals surface area contributed by atoms with E-state index in [1.165, 1.54) is 20.1 Å². The molecule has 1 unspecified atom stereocenters. The van der Waals surface area contributed by atoms with E-state index in [0.717, 1.165) is 17.7 Å². The van der Waals surface area contributed by atoms with Crippen molar-refractivity contribution >= 4 is 21.6 Å². The largest absolute Gasteiger partial charge is 0.495 e. The van der Waals surface area contributed by atoms with E-state index in [-0.39, 0.29) is 10.6 Å². The highest BCUT2D eigenvalue weighted by molar-refractivity contribution is 7.89. The van der Waals surface area contributed by atoms with Crippen LogP contribution in [0.15, 0.2) is 47.4 Å². The van der Waals surface area contributed by atoms with E-state index in [1.807, 2.05) is 19.1 Å². The number of hydrogen-bond acceptors (Lipinski definition) is 4.